The molecule has 0 unspecified atom stereocenters. The van der Waals surface area contributed by atoms with Crippen LogP contribution in [0.2, 0.25) is 0 Å². The van der Waals surface area contributed by atoms with Gasteiger partial charge in [-0.1, -0.05) is 24.3 Å². The minimum atomic E-state index is -0.714. The molecule has 0 bridgehead atoms. The molecule has 6 heteroatoms. The van der Waals surface area contributed by atoms with Crippen molar-refractivity contribution < 1.29 is 9.18 Å². The van der Waals surface area contributed by atoms with E-state index in [0.717, 1.165) is 16.7 Å². The van der Waals surface area contributed by atoms with E-state index in [1.165, 1.54) is 12.1 Å². The molecule has 2 aromatic carbocycles. The highest BCUT2D eigenvalue weighted by atomic mass is 19.1. The van der Waals surface area contributed by atoms with Crippen LogP contribution in [0.5, 0.6) is 0 Å². The second-order valence-corrected chi connectivity index (χ2v) is 4.92. The molecule has 0 aliphatic rings. The van der Waals surface area contributed by atoms with Crippen LogP contribution < -0.4 is 5.73 Å². The number of halogens is 1. The van der Waals surface area contributed by atoms with Crippen LogP contribution >= 0.6 is 0 Å². The normalized spacial score (nSPS) is 10.6. The van der Waals surface area contributed by atoms with Crippen molar-refractivity contribution in [3.8, 4) is 22.5 Å². The molecule has 3 aromatic rings. The third kappa shape index (κ3) is 2.58. The zero-order chi connectivity index (χ0) is 15.7. The maximum absolute atomic E-state index is 13.9. The van der Waals surface area contributed by atoms with Gasteiger partial charge >= 0.3 is 0 Å². The lowest BCUT2D eigenvalue weighted by Gasteiger charge is -2.07. The van der Waals surface area contributed by atoms with E-state index < -0.39 is 11.7 Å². The van der Waals surface area contributed by atoms with Gasteiger partial charge < -0.3 is 5.73 Å². The summed E-state index contributed by atoms with van der Waals surface area (Å²) in [5.41, 5.74) is 8.28. The van der Waals surface area contributed by atoms with E-state index in [-0.39, 0.29) is 11.6 Å². The fourth-order valence-corrected chi connectivity index (χ4v) is 2.27. The first kappa shape index (κ1) is 13.9. The quantitative estimate of drug-likeness (QED) is 0.779. The maximum atomic E-state index is 13.9. The largest absolute Gasteiger partial charge is 0.363 e. The summed E-state index contributed by atoms with van der Waals surface area (Å²) in [4.78, 5) is 15.0. The second-order valence-electron chi connectivity index (χ2n) is 4.92. The monoisotopic (exact) mass is 296 g/mol. The van der Waals surface area contributed by atoms with Crippen LogP contribution in [0.25, 0.3) is 22.5 Å². The summed E-state index contributed by atoms with van der Waals surface area (Å²) in [6.45, 7) is 1.96. The van der Waals surface area contributed by atoms with Gasteiger partial charge in [0.25, 0.3) is 5.91 Å². The number of hydrogen-bond acceptors (Lipinski definition) is 3. The molecule has 1 aromatic heterocycles. The Morgan fingerprint density at radius 3 is 2.59 bits per heavy atom. The molecule has 1 heterocycles. The second kappa shape index (κ2) is 5.40. The number of nitrogens with two attached hydrogens (primary N) is 1. The van der Waals surface area contributed by atoms with Crippen molar-refractivity contribution in [1.29, 1.82) is 0 Å². The molecule has 0 spiro atoms. The number of nitrogens with zero attached hydrogens (tertiary/aromatic N) is 2. The number of hydrogen-bond donors (Lipinski definition) is 2. The number of aryl methyl sites for hydroxylation is 1. The van der Waals surface area contributed by atoms with Crippen LogP contribution in [0.3, 0.4) is 0 Å². The van der Waals surface area contributed by atoms with Gasteiger partial charge in [-0.15, -0.1) is 0 Å². The lowest BCUT2D eigenvalue weighted by molar-refractivity contribution is 0.0991. The lowest BCUT2D eigenvalue weighted by Crippen LogP contribution is -2.12. The summed E-state index contributed by atoms with van der Waals surface area (Å²) in [5, 5.41) is 6.34. The van der Waals surface area contributed by atoms with E-state index in [1.807, 2.05) is 31.2 Å². The van der Waals surface area contributed by atoms with Crippen molar-refractivity contribution in [3.63, 3.8) is 0 Å². The minimum Gasteiger partial charge on any atom is -0.363 e. The molecule has 1 amide bonds. The minimum absolute atomic E-state index is 0.0586. The first-order valence-corrected chi connectivity index (χ1v) is 6.64. The van der Waals surface area contributed by atoms with E-state index in [9.17, 15) is 9.18 Å². The van der Waals surface area contributed by atoms with Gasteiger partial charge in [0.1, 0.15) is 5.82 Å². The predicted octanol–water partition coefficient (Wildman–Crippen LogP) is 2.69. The number of rotatable bonds is 3. The van der Waals surface area contributed by atoms with Crippen LogP contribution in [0.1, 0.15) is 16.2 Å². The van der Waals surface area contributed by atoms with Crippen LogP contribution in [0.15, 0.2) is 42.5 Å². The number of aromatic amines is 1. The van der Waals surface area contributed by atoms with Gasteiger partial charge in [0, 0.05) is 5.56 Å². The molecule has 0 fully saturated rings. The standard InChI is InChI=1S/C16H13FN4O/c1-9-4-2-3-5-13(9)10-6-11(8-12(17)7-10)15-19-16(14(18)22)21-20-15/h2-8H,1H3,(H2,18,22)(H,19,20,21). The average Bonchev–Trinajstić information content (AvgIpc) is 2.97. The Morgan fingerprint density at radius 2 is 1.91 bits per heavy atom. The van der Waals surface area contributed by atoms with Crippen molar-refractivity contribution in [2.24, 2.45) is 5.73 Å². The molecule has 0 aliphatic carbocycles. The Bertz CT molecular complexity index is 857. The van der Waals surface area contributed by atoms with Gasteiger partial charge in [0.2, 0.25) is 5.82 Å². The van der Waals surface area contributed by atoms with E-state index in [1.54, 1.807) is 6.07 Å². The average molecular weight is 296 g/mol. The van der Waals surface area contributed by atoms with Gasteiger partial charge in [-0.2, -0.15) is 5.10 Å². The highest BCUT2D eigenvalue weighted by Crippen LogP contribution is 2.28. The zero-order valence-corrected chi connectivity index (χ0v) is 11.8. The van der Waals surface area contributed by atoms with Crippen LogP contribution in [-0.2, 0) is 0 Å². The van der Waals surface area contributed by atoms with Crippen molar-refractivity contribution in [1.82, 2.24) is 15.2 Å². The van der Waals surface area contributed by atoms with E-state index in [2.05, 4.69) is 15.2 Å². The van der Waals surface area contributed by atoms with E-state index >= 15 is 0 Å². The molecule has 0 aliphatic heterocycles. The Labute approximate surface area is 126 Å². The third-order valence-electron chi connectivity index (χ3n) is 3.33. The molecule has 0 radical (unpaired) electrons. The van der Waals surface area contributed by atoms with Gasteiger partial charge in [-0.25, -0.2) is 9.37 Å². The van der Waals surface area contributed by atoms with Gasteiger partial charge in [0.15, 0.2) is 5.82 Å². The number of amides is 1. The summed E-state index contributed by atoms with van der Waals surface area (Å²) in [6.07, 6.45) is 0. The maximum Gasteiger partial charge on any atom is 0.286 e. The van der Waals surface area contributed by atoms with Crippen LogP contribution in [-0.4, -0.2) is 21.1 Å². The molecular formula is C16H13FN4O. The number of carbonyl (C=O) groups is 1. The first-order valence-electron chi connectivity index (χ1n) is 6.64. The Morgan fingerprint density at radius 1 is 1.18 bits per heavy atom. The molecule has 0 saturated carbocycles. The van der Waals surface area contributed by atoms with Crippen molar-refractivity contribution >= 4 is 5.91 Å². The van der Waals surface area contributed by atoms with Gasteiger partial charge in [-0.3, -0.25) is 9.89 Å². The van der Waals surface area contributed by atoms with Crippen molar-refractivity contribution in [2.75, 3.05) is 0 Å². The molecule has 110 valence electrons. The number of benzene rings is 2. The zero-order valence-electron chi connectivity index (χ0n) is 11.8. The summed E-state index contributed by atoms with van der Waals surface area (Å²) in [6, 6.07) is 12.2. The van der Waals surface area contributed by atoms with Gasteiger partial charge in [0.05, 0.1) is 0 Å². The summed E-state index contributed by atoms with van der Waals surface area (Å²) in [5.74, 6) is -0.949. The lowest BCUT2D eigenvalue weighted by atomic mass is 9.98. The van der Waals surface area contributed by atoms with Crippen LogP contribution in [0, 0.1) is 12.7 Å². The smallest absolute Gasteiger partial charge is 0.286 e. The molecule has 0 saturated heterocycles. The molecular weight excluding hydrogens is 283 g/mol. The Kier molecular flexibility index (Phi) is 3.42. The highest BCUT2D eigenvalue weighted by molar-refractivity contribution is 5.89. The van der Waals surface area contributed by atoms with Crippen LogP contribution in [0.4, 0.5) is 4.39 Å². The molecule has 0 atom stereocenters. The summed E-state index contributed by atoms with van der Waals surface area (Å²) >= 11 is 0. The Balaban J connectivity index is 2.10. The summed E-state index contributed by atoms with van der Waals surface area (Å²) in [7, 11) is 0. The number of nitrogens with one attached hydrogen (secondary N) is 1. The molecule has 22 heavy (non-hydrogen) atoms. The topological polar surface area (TPSA) is 84.7 Å². The predicted molar refractivity (Wildman–Crippen MR) is 80.5 cm³/mol. The van der Waals surface area contributed by atoms with E-state index in [0.29, 0.717) is 5.56 Å². The van der Waals surface area contributed by atoms with Crippen molar-refractivity contribution in [2.45, 2.75) is 6.92 Å². The first-order chi connectivity index (χ1) is 10.5. The third-order valence-corrected chi connectivity index (χ3v) is 3.33. The fraction of sp³-hybridized carbons (Fsp3) is 0.0625. The molecule has 3 rings (SSSR count). The summed E-state index contributed by atoms with van der Waals surface area (Å²) < 4.78 is 13.9. The number of carbonyl (C=O) groups excluding carboxylic acids is 1. The van der Waals surface area contributed by atoms with E-state index in [4.69, 9.17) is 5.73 Å². The SMILES string of the molecule is Cc1ccccc1-c1cc(F)cc(-c2n[nH]c(C(N)=O)n2)c1. The number of aromatic nitrogens is 3. The molecule has 3 N–H and O–H groups in total. The number of primary amides is 1. The number of H-pyrrole nitrogens is 1. The van der Waals surface area contributed by atoms with Gasteiger partial charge in [-0.05, 0) is 41.8 Å². The molecule has 5 nitrogen and oxygen atoms in total. The van der Waals surface area contributed by atoms with Crippen molar-refractivity contribution in [3.05, 3.63) is 59.7 Å². The fourth-order valence-electron chi connectivity index (χ4n) is 2.27. The highest BCUT2D eigenvalue weighted by Gasteiger charge is 2.12. The Hall–Kier alpha value is -3.02.